The van der Waals surface area contributed by atoms with E-state index in [1.165, 1.54) is 0 Å². The molecule has 0 spiro atoms. The molecule has 1 amide bonds. The van der Waals surface area contributed by atoms with Crippen LogP contribution in [0.25, 0.3) is 10.9 Å². The van der Waals surface area contributed by atoms with E-state index >= 15 is 0 Å². The fraction of sp³-hybridized carbons (Fsp3) is 0.292. The molecule has 1 fully saturated rings. The lowest BCUT2D eigenvalue weighted by atomic mass is 10.0. The molecule has 1 saturated heterocycles. The predicted molar refractivity (Wildman–Crippen MR) is 117 cm³/mol. The maximum atomic E-state index is 12.9. The molecule has 0 bridgehead atoms. The van der Waals surface area contributed by atoms with Crippen molar-refractivity contribution in [2.24, 2.45) is 0 Å². The standard InChI is InChI=1S/C24H24N4O2/c1-16-11-17(2)22-21(12-16)23(19(14-25)15-26-22)27-7-9-28(10-8-27)24(29)18-5-4-6-20(13-18)30-3/h4-6,11-13,15H,7-10H2,1-3H3. The van der Waals surface area contributed by atoms with Crippen LogP contribution in [0.4, 0.5) is 5.69 Å². The number of aryl methyl sites for hydroxylation is 2. The minimum atomic E-state index is 0.000307. The summed E-state index contributed by atoms with van der Waals surface area (Å²) in [5.41, 5.74) is 5.28. The number of aromatic nitrogens is 1. The SMILES string of the molecule is COc1cccc(C(=O)N2CCN(c3c(C#N)cnc4c(C)cc(C)cc34)CC2)c1. The summed E-state index contributed by atoms with van der Waals surface area (Å²) < 4.78 is 5.24. The van der Waals surface area contributed by atoms with Crippen molar-refractivity contribution in [1.29, 1.82) is 5.26 Å². The van der Waals surface area contributed by atoms with Gasteiger partial charge < -0.3 is 14.5 Å². The van der Waals surface area contributed by atoms with Crippen molar-refractivity contribution in [2.75, 3.05) is 38.2 Å². The molecule has 0 N–H and O–H groups in total. The number of benzene rings is 2. The fourth-order valence-electron chi connectivity index (χ4n) is 4.14. The Hall–Kier alpha value is -3.59. The van der Waals surface area contributed by atoms with Crippen molar-refractivity contribution in [3.05, 3.63) is 64.8 Å². The van der Waals surface area contributed by atoms with Gasteiger partial charge in [-0.05, 0) is 43.7 Å². The zero-order valence-corrected chi connectivity index (χ0v) is 17.5. The summed E-state index contributed by atoms with van der Waals surface area (Å²) >= 11 is 0. The molecule has 1 aromatic heterocycles. The number of piperazine rings is 1. The molecule has 152 valence electrons. The fourth-order valence-corrected chi connectivity index (χ4v) is 4.14. The Morgan fingerprint density at radius 1 is 1.13 bits per heavy atom. The first-order valence-corrected chi connectivity index (χ1v) is 10.00. The highest BCUT2D eigenvalue weighted by Gasteiger charge is 2.25. The Kier molecular flexibility index (Phi) is 5.28. The van der Waals surface area contributed by atoms with E-state index in [9.17, 15) is 10.1 Å². The molecule has 0 saturated carbocycles. The Bertz CT molecular complexity index is 1160. The molecule has 3 aromatic rings. The molecular formula is C24H24N4O2. The van der Waals surface area contributed by atoms with Gasteiger partial charge in [0.2, 0.25) is 0 Å². The minimum absolute atomic E-state index is 0.000307. The summed E-state index contributed by atoms with van der Waals surface area (Å²) in [7, 11) is 1.59. The normalized spacial score (nSPS) is 13.9. The average Bonchev–Trinajstić information content (AvgIpc) is 2.78. The van der Waals surface area contributed by atoms with E-state index < -0.39 is 0 Å². The van der Waals surface area contributed by atoms with Gasteiger partial charge in [0, 0.05) is 43.3 Å². The Morgan fingerprint density at radius 3 is 2.60 bits per heavy atom. The van der Waals surface area contributed by atoms with Crippen molar-refractivity contribution >= 4 is 22.5 Å². The quantitative estimate of drug-likeness (QED) is 0.671. The molecular weight excluding hydrogens is 376 g/mol. The van der Waals surface area contributed by atoms with Gasteiger partial charge in [-0.25, -0.2) is 0 Å². The molecule has 0 atom stereocenters. The van der Waals surface area contributed by atoms with Crippen molar-refractivity contribution in [3.63, 3.8) is 0 Å². The predicted octanol–water partition coefficient (Wildman–Crippen LogP) is 3.69. The second-order valence-electron chi connectivity index (χ2n) is 7.62. The topological polar surface area (TPSA) is 69.5 Å². The van der Waals surface area contributed by atoms with Crippen molar-refractivity contribution in [2.45, 2.75) is 13.8 Å². The van der Waals surface area contributed by atoms with E-state index in [0.29, 0.717) is 43.1 Å². The highest BCUT2D eigenvalue weighted by atomic mass is 16.5. The van der Waals surface area contributed by atoms with Crippen molar-refractivity contribution in [1.82, 2.24) is 9.88 Å². The Labute approximate surface area is 176 Å². The third-order valence-corrected chi connectivity index (χ3v) is 5.60. The number of hydrogen-bond donors (Lipinski definition) is 0. The zero-order valence-electron chi connectivity index (χ0n) is 17.5. The number of pyridine rings is 1. The summed E-state index contributed by atoms with van der Waals surface area (Å²) in [6, 6.07) is 13.7. The molecule has 2 aromatic carbocycles. The smallest absolute Gasteiger partial charge is 0.254 e. The number of nitriles is 1. The molecule has 4 rings (SSSR count). The average molecular weight is 400 g/mol. The number of anilines is 1. The summed E-state index contributed by atoms with van der Waals surface area (Å²) in [6.07, 6.45) is 1.66. The summed E-state index contributed by atoms with van der Waals surface area (Å²) in [4.78, 5) is 21.5. The number of carbonyl (C=O) groups excluding carboxylic acids is 1. The monoisotopic (exact) mass is 400 g/mol. The minimum Gasteiger partial charge on any atom is -0.497 e. The molecule has 6 heteroatoms. The van der Waals surface area contributed by atoms with E-state index in [-0.39, 0.29) is 5.91 Å². The van der Waals surface area contributed by atoms with Gasteiger partial charge >= 0.3 is 0 Å². The van der Waals surface area contributed by atoms with Gasteiger partial charge in [-0.1, -0.05) is 17.7 Å². The van der Waals surface area contributed by atoms with Crippen LogP contribution < -0.4 is 9.64 Å². The van der Waals surface area contributed by atoms with Crippen LogP contribution in [0.15, 0.2) is 42.6 Å². The molecule has 0 unspecified atom stereocenters. The first-order chi connectivity index (χ1) is 14.5. The lowest BCUT2D eigenvalue weighted by Gasteiger charge is -2.37. The Balaban J connectivity index is 1.61. The van der Waals surface area contributed by atoms with E-state index in [1.807, 2.05) is 30.0 Å². The largest absolute Gasteiger partial charge is 0.497 e. The molecule has 0 aliphatic carbocycles. The van der Waals surface area contributed by atoms with Crippen LogP contribution >= 0.6 is 0 Å². The van der Waals surface area contributed by atoms with E-state index in [4.69, 9.17) is 4.74 Å². The number of amides is 1. The van der Waals surface area contributed by atoms with Gasteiger partial charge in [0.15, 0.2) is 0 Å². The number of methoxy groups -OCH3 is 1. The lowest BCUT2D eigenvalue weighted by Crippen LogP contribution is -2.49. The van der Waals surface area contributed by atoms with Gasteiger partial charge in [-0.2, -0.15) is 5.26 Å². The van der Waals surface area contributed by atoms with Crippen LogP contribution in [0.2, 0.25) is 0 Å². The van der Waals surface area contributed by atoms with Gasteiger partial charge in [0.1, 0.15) is 11.8 Å². The number of ether oxygens (including phenoxy) is 1. The van der Waals surface area contributed by atoms with Gasteiger partial charge in [-0.15, -0.1) is 0 Å². The summed E-state index contributed by atoms with van der Waals surface area (Å²) in [6.45, 7) is 6.61. The van der Waals surface area contributed by atoms with E-state index in [1.54, 1.807) is 19.4 Å². The second kappa shape index (κ2) is 8.03. The maximum Gasteiger partial charge on any atom is 0.254 e. The lowest BCUT2D eigenvalue weighted by molar-refractivity contribution is 0.0746. The van der Waals surface area contributed by atoms with Crippen molar-refractivity contribution < 1.29 is 9.53 Å². The molecule has 1 aliphatic heterocycles. The number of carbonyl (C=O) groups is 1. The molecule has 2 heterocycles. The number of hydrogen-bond acceptors (Lipinski definition) is 5. The Morgan fingerprint density at radius 2 is 1.90 bits per heavy atom. The number of fused-ring (bicyclic) bond motifs is 1. The van der Waals surface area contributed by atoms with Crippen molar-refractivity contribution in [3.8, 4) is 11.8 Å². The third-order valence-electron chi connectivity index (χ3n) is 5.60. The third kappa shape index (κ3) is 3.55. The molecule has 0 radical (unpaired) electrons. The molecule has 6 nitrogen and oxygen atoms in total. The van der Waals surface area contributed by atoms with Crippen LogP contribution in [0.1, 0.15) is 27.0 Å². The molecule has 30 heavy (non-hydrogen) atoms. The highest BCUT2D eigenvalue weighted by molar-refractivity contribution is 5.97. The van der Waals surface area contributed by atoms with Crippen LogP contribution in [0.5, 0.6) is 5.75 Å². The van der Waals surface area contributed by atoms with Gasteiger partial charge in [-0.3, -0.25) is 9.78 Å². The summed E-state index contributed by atoms with van der Waals surface area (Å²) in [5, 5.41) is 10.7. The van der Waals surface area contributed by atoms with Crippen LogP contribution in [-0.4, -0.2) is 49.1 Å². The van der Waals surface area contributed by atoms with Crippen LogP contribution in [-0.2, 0) is 0 Å². The van der Waals surface area contributed by atoms with Gasteiger partial charge in [0.05, 0.1) is 23.9 Å². The van der Waals surface area contributed by atoms with Crippen LogP contribution in [0, 0.1) is 25.2 Å². The van der Waals surface area contributed by atoms with Crippen LogP contribution in [0.3, 0.4) is 0 Å². The first-order valence-electron chi connectivity index (χ1n) is 10.00. The van der Waals surface area contributed by atoms with E-state index in [2.05, 4.69) is 35.0 Å². The van der Waals surface area contributed by atoms with Gasteiger partial charge in [0.25, 0.3) is 5.91 Å². The second-order valence-corrected chi connectivity index (χ2v) is 7.62. The number of rotatable bonds is 3. The zero-order chi connectivity index (χ0) is 21.3. The number of nitrogens with zero attached hydrogens (tertiary/aromatic N) is 4. The molecule has 1 aliphatic rings. The maximum absolute atomic E-state index is 12.9. The van der Waals surface area contributed by atoms with E-state index in [0.717, 1.165) is 27.7 Å². The first kappa shape index (κ1) is 19.7. The summed E-state index contributed by atoms with van der Waals surface area (Å²) in [5.74, 6) is 0.674. The highest BCUT2D eigenvalue weighted by Crippen LogP contribution is 2.32.